The number of hydrogen-bond acceptors (Lipinski definition) is 9. The van der Waals surface area contributed by atoms with Crippen LogP contribution < -0.4 is 50.8 Å². The Kier molecular flexibility index (Phi) is 12.1. The van der Waals surface area contributed by atoms with Crippen molar-refractivity contribution < 1.29 is 71.2 Å². The minimum Gasteiger partial charge on any atom is -0.731 e. The molecule has 5 amide bonds. The third kappa shape index (κ3) is 9.02. The molecule has 1 aliphatic heterocycles. The van der Waals surface area contributed by atoms with Gasteiger partial charge in [-0.2, -0.15) is 0 Å². The fourth-order valence-electron chi connectivity index (χ4n) is 3.56. The molecule has 1 fully saturated rings. The van der Waals surface area contributed by atoms with Gasteiger partial charge in [-0.1, -0.05) is 60.7 Å². The van der Waals surface area contributed by atoms with E-state index in [1.807, 2.05) is 0 Å². The predicted octanol–water partition coefficient (Wildman–Crippen LogP) is -3.93. The van der Waals surface area contributed by atoms with E-state index in [9.17, 15) is 36.9 Å². The number of carbonyl (C=O) groups is 5. The van der Waals surface area contributed by atoms with Crippen LogP contribution in [-0.4, -0.2) is 72.7 Å². The van der Waals surface area contributed by atoms with Crippen molar-refractivity contribution in [1.29, 1.82) is 0 Å². The van der Waals surface area contributed by atoms with Gasteiger partial charge in [-0.15, -0.1) is 0 Å². The quantitative estimate of drug-likeness (QED) is 0.116. The van der Waals surface area contributed by atoms with Gasteiger partial charge in [0.25, 0.3) is 5.91 Å². The molecule has 2 aromatic rings. The summed E-state index contributed by atoms with van der Waals surface area (Å²) in [5.74, 6) is -3.63. The van der Waals surface area contributed by atoms with Crippen LogP contribution >= 0.6 is 0 Å². The van der Waals surface area contributed by atoms with Crippen molar-refractivity contribution in [2.75, 3.05) is 13.6 Å². The van der Waals surface area contributed by atoms with E-state index in [1.54, 1.807) is 60.7 Å². The molecule has 16 heteroatoms. The molecule has 4 N–H and O–H groups in total. The zero-order valence-corrected chi connectivity index (χ0v) is 24.5. The minimum atomic E-state index is -5.03. The van der Waals surface area contributed by atoms with Gasteiger partial charge < -0.3 is 30.6 Å². The maximum atomic E-state index is 13.3. The first-order valence-electron chi connectivity index (χ1n) is 11.6. The third-order valence-electron chi connectivity index (χ3n) is 5.65. The van der Waals surface area contributed by atoms with Crippen molar-refractivity contribution in [2.45, 2.75) is 31.2 Å². The summed E-state index contributed by atoms with van der Waals surface area (Å²) in [6.07, 6.45) is -1.47. The van der Waals surface area contributed by atoms with Gasteiger partial charge in [0.2, 0.25) is 17.7 Å². The maximum absolute atomic E-state index is 13.3. The standard InChI is InChI=1S/C24H27N5O9S.Na/c1-25-19(30)12-17(21(31)27-18-13-29(23(18)33)39(35,36)37)26-22(32)20(16-10-6-3-7-11-16)28-24(34)38-14-15-8-4-2-5-9-15;/h2-11,17-18,20H,12-14H2,1H3,(H,25,30)(H,26,32)(H,27,31)(H,28,34)(H,35,36,37);/q;+1/p-1. The zero-order valence-electron chi connectivity index (χ0n) is 21.7. The monoisotopic (exact) mass is 583 g/mol. The average Bonchev–Trinajstić information content (AvgIpc) is 2.91. The van der Waals surface area contributed by atoms with Gasteiger partial charge in [-0.3, -0.25) is 19.2 Å². The largest absolute Gasteiger partial charge is 1.00 e. The molecule has 1 saturated heterocycles. The first-order valence-corrected chi connectivity index (χ1v) is 13.0. The Balaban J connectivity index is 0.00000560. The van der Waals surface area contributed by atoms with E-state index in [0.29, 0.717) is 11.1 Å². The van der Waals surface area contributed by atoms with E-state index in [1.165, 1.54) is 7.05 Å². The number of β-lactam (4-membered cyclic amide) rings is 1. The van der Waals surface area contributed by atoms with Crippen LogP contribution in [0.4, 0.5) is 4.79 Å². The van der Waals surface area contributed by atoms with E-state index in [4.69, 9.17) is 4.74 Å². The number of benzene rings is 2. The van der Waals surface area contributed by atoms with Gasteiger partial charge in [0.1, 0.15) is 24.7 Å². The van der Waals surface area contributed by atoms with Crippen LogP contribution in [0.2, 0.25) is 0 Å². The van der Waals surface area contributed by atoms with Crippen molar-refractivity contribution in [1.82, 2.24) is 25.6 Å². The second kappa shape index (κ2) is 14.8. The van der Waals surface area contributed by atoms with E-state index in [2.05, 4.69) is 21.3 Å². The second-order valence-corrected chi connectivity index (χ2v) is 9.67. The topological polar surface area (TPSA) is 203 Å². The van der Waals surface area contributed by atoms with E-state index in [-0.39, 0.29) is 40.5 Å². The molecule has 2 aromatic carbocycles. The molecule has 1 aliphatic rings. The summed E-state index contributed by atoms with van der Waals surface area (Å²) >= 11 is 0. The van der Waals surface area contributed by atoms with Gasteiger partial charge in [0.05, 0.1) is 13.0 Å². The van der Waals surface area contributed by atoms with Gasteiger partial charge in [0.15, 0.2) is 10.3 Å². The van der Waals surface area contributed by atoms with Gasteiger partial charge in [-0.25, -0.2) is 17.5 Å². The fraction of sp³-hybridized carbons (Fsp3) is 0.292. The van der Waals surface area contributed by atoms with Gasteiger partial charge >= 0.3 is 35.7 Å². The molecular weight excluding hydrogens is 557 g/mol. The maximum Gasteiger partial charge on any atom is 1.00 e. The van der Waals surface area contributed by atoms with Crippen molar-refractivity contribution in [3.05, 3.63) is 71.8 Å². The van der Waals surface area contributed by atoms with Crippen LogP contribution in [0.15, 0.2) is 60.7 Å². The molecular formula is C24H26N5NaO9S. The number of rotatable bonds is 11. The summed E-state index contributed by atoms with van der Waals surface area (Å²) in [7, 11) is -3.72. The Morgan fingerprint density at radius 2 is 1.60 bits per heavy atom. The average molecular weight is 584 g/mol. The summed E-state index contributed by atoms with van der Waals surface area (Å²) in [6, 6.07) is 12.7. The summed E-state index contributed by atoms with van der Waals surface area (Å²) in [5.41, 5.74) is 1.06. The van der Waals surface area contributed by atoms with Crippen molar-refractivity contribution in [2.24, 2.45) is 0 Å². The van der Waals surface area contributed by atoms with Gasteiger partial charge in [0, 0.05) is 7.05 Å². The molecule has 1 heterocycles. The van der Waals surface area contributed by atoms with Crippen LogP contribution in [0.5, 0.6) is 0 Å². The smallest absolute Gasteiger partial charge is 0.731 e. The molecule has 208 valence electrons. The second-order valence-electron chi connectivity index (χ2n) is 8.38. The first kappa shape index (κ1) is 32.7. The van der Waals surface area contributed by atoms with Crippen LogP contribution in [0.3, 0.4) is 0 Å². The Bertz CT molecular complexity index is 1330. The first-order chi connectivity index (χ1) is 18.5. The molecule has 3 unspecified atom stereocenters. The number of nitrogens with zero attached hydrogens (tertiary/aromatic N) is 1. The number of nitrogens with one attached hydrogen (secondary N) is 4. The summed E-state index contributed by atoms with van der Waals surface area (Å²) < 4.78 is 38.3. The number of amides is 5. The molecule has 0 radical (unpaired) electrons. The SMILES string of the molecule is CNC(=O)CC(NC(=O)C(NC(=O)OCc1ccccc1)c1ccccc1)C(=O)NC1CN(S(=O)(=O)[O-])C1=O.[Na+]. The molecule has 3 atom stereocenters. The van der Waals surface area contributed by atoms with Crippen LogP contribution in [-0.2, 0) is 40.8 Å². The predicted molar refractivity (Wildman–Crippen MR) is 133 cm³/mol. The van der Waals surface area contributed by atoms with Crippen LogP contribution in [0.25, 0.3) is 0 Å². The molecule has 0 aliphatic carbocycles. The Hall–Kier alpha value is -3.50. The minimum absolute atomic E-state index is 0. The van der Waals surface area contributed by atoms with Crippen LogP contribution in [0, 0.1) is 0 Å². The summed E-state index contributed by atoms with van der Waals surface area (Å²) in [6.45, 7) is -0.651. The summed E-state index contributed by atoms with van der Waals surface area (Å²) in [4.78, 5) is 62.6. The number of ether oxygens (including phenoxy) is 1. The fourth-order valence-corrected chi connectivity index (χ4v) is 4.24. The molecule has 14 nitrogen and oxygen atoms in total. The Morgan fingerprint density at radius 3 is 2.15 bits per heavy atom. The normalized spacial score (nSPS) is 15.8. The number of hydrogen-bond donors (Lipinski definition) is 4. The van der Waals surface area contributed by atoms with E-state index < -0.39 is 71.1 Å². The number of carbonyl (C=O) groups excluding carboxylic acids is 5. The van der Waals surface area contributed by atoms with Gasteiger partial charge in [-0.05, 0) is 11.1 Å². The van der Waals surface area contributed by atoms with E-state index in [0.717, 1.165) is 0 Å². The molecule has 0 bridgehead atoms. The van der Waals surface area contributed by atoms with Crippen LogP contribution in [0.1, 0.15) is 23.6 Å². The molecule has 0 spiro atoms. The molecule has 0 aromatic heterocycles. The van der Waals surface area contributed by atoms with Crippen molar-refractivity contribution in [3.8, 4) is 0 Å². The van der Waals surface area contributed by atoms with E-state index >= 15 is 0 Å². The molecule has 0 saturated carbocycles. The Labute approximate surface area is 252 Å². The zero-order chi connectivity index (χ0) is 28.6. The molecule has 3 rings (SSSR count). The van der Waals surface area contributed by atoms with Crippen molar-refractivity contribution in [3.63, 3.8) is 0 Å². The Morgan fingerprint density at radius 1 is 1.00 bits per heavy atom. The third-order valence-corrected chi connectivity index (χ3v) is 6.52. The van der Waals surface area contributed by atoms with Crippen molar-refractivity contribution >= 4 is 40.0 Å². The summed E-state index contributed by atoms with van der Waals surface area (Å²) in [5, 5.41) is 9.35. The molecule has 40 heavy (non-hydrogen) atoms. The number of alkyl carbamates (subject to hydrolysis) is 1.